The van der Waals surface area contributed by atoms with E-state index in [0.29, 0.717) is 28.4 Å². The number of benzene rings is 2. The number of nitrogen functional groups attached to an aromatic ring is 1. The zero-order valence-corrected chi connectivity index (χ0v) is 12.2. The topological polar surface area (TPSA) is 109 Å². The minimum Gasteiger partial charge on any atom is -0.494 e. The lowest BCUT2D eigenvalue weighted by molar-refractivity contribution is -0.384. The number of nitrogens with two attached hydrogens (primary N) is 1. The quantitative estimate of drug-likeness (QED) is 0.450. The second-order valence-electron chi connectivity index (χ2n) is 4.79. The van der Waals surface area contributed by atoms with Gasteiger partial charge in [0, 0.05) is 23.4 Å². The molecule has 0 fully saturated rings. The maximum absolute atomic E-state index is 10.9. The number of non-ortho nitro benzene ring substituents is 1. The van der Waals surface area contributed by atoms with Gasteiger partial charge in [-0.15, -0.1) is 5.10 Å². The number of rotatable bonds is 4. The fraction of sp³-hybridized carbons (Fsp3) is 0.0667. The Labute approximate surface area is 131 Å². The number of aromatic nitrogens is 3. The second-order valence-corrected chi connectivity index (χ2v) is 4.79. The van der Waals surface area contributed by atoms with Crippen LogP contribution in [0.1, 0.15) is 0 Å². The Kier molecular flexibility index (Phi) is 3.63. The average Bonchev–Trinajstić information content (AvgIpc) is 3.05. The van der Waals surface area contributed by atoms with Crippen molar-refractivity contribution in [2.45, 2.75) is 0 Å². The molecule has 3 aromatic rings. The summed E-state index contributed by atoms with van der Waals surface area (Å²) in [6, 6.07) is 11.4. The molecule has 0 saturated heterocycles. The van der Waals surface area contributed by atoms with Gasteiger partial charge in [-0.05, 0) is 18.2 Å². The van der Waals surface area contributed by atoms with E-state index in [4.69, 9.17) is 10.5 Å². The first kappa shape index (κ1) is 14.5. The summed E-state index contributed by atoms with van der Waals surface area (Å²) in [5.74, 6) is 0.592. The van der Waals surface area contributed by atoms with E-state index >= 15 is 0 Å². The summed E-state index contributed by atoms with van der Waals surface area (Å²) in [7, 11) is 1.55. The molecule has 0 aliphatic heterocycles. The first-order valence-corrected chi connectivity index (χ1v) is 6.69. The maximum atomic E-state index is 10.9. The number of methoxy groups -OCH3 is 1. The van der Waals surface area contributed by atoms with E-state index < -0.39 is 4.92 Å². The molecule has 0 atom stereocenters. The predicted octanol–water partition coefficient (Wildman–Crippen LogP) is 2.43. The largest absolute Gasteiger partial charge is 0.494 e. The van der Waals surface area contributed by atoms with Gasteiger partial charge in [0.1, 0.15) is 17.1 Å². The van der Waals surface area contributed by atoms with Gasteiger partial charge in [-0.25, -0.2) is 4.68 Å². The van der Waals surface area contributed by atoms with Gasteiger partial charge >= 0.3 is 0 Å². The molecule has 0 aliphatic carbocycles. The molecule has 0 bridgehead atoms. The minimum absolute atomic E-state index is 0.00131. The fourth-order valence-electron chi connectivity index (χ4n) is 2.18. The highest BCUT2D eigenvalue weighted by molar-refractivity contribution is 5.63. The molecule has 2 N–H and O–H groups in total. The van der Waals surface area contributed by atoms with Crippen LogP contribution < -0.4 is 10.5 Å². The van der Waals surface area contributed by atoms with Crippen LogP contribution in [-0.4, -0.2) is 27.0 Å². The molecule has 1 heterocycles. The molecule has 0 aliphatic rings. The van der Waals surface area contributed by atoms with Crippen LogP contribution in [0.4, 0.5) is 11.4 Å². The predicted molar refractivity (Wildman–Crippen MR) is 84.4 cm³/mol. The Morgan fingerprint density at radius 2 is 2.09 bits per heavy atom. The van der Waals surface area contributed by atoms with Crippen LogP contribution in [-0.2, 0) is 0 Å². The highest BCUT2D eigenvalue weighted by atomic mass is 16.6. The third-order valence-electron chi connectivity index (χ3n) is 3.30. The van der Waals surface area contributed by atoms with Crippen molar-refractivity contribution in [3.63, 3.8) is 0 Å². The molecule has 0 spiro atoms. The Morgan fingerprint density at radius 1 is 1.26 bits per heavy atom. The first-order valence-electron chi connectivity index (χ1n) is 6.69. The van der Waals surface area contributed by atoms with Crippen LogP contribution in [0.5, 0.6) is 5.75 Å². The third-order valence-corrected chi connectivity index (χ3v) is 3.30. The standard InChI is InChI=1S/C15H13N5O3/c1-23-15-6-5-11(16)8-14(15)19-9-13(17-18-19)10-3-2-4-12(7-10)20(21)22/h2-9H,16H2,1H3. The molecule has 0 unspecified atom stereocenters. The molecule has 2 aromatic carbocycles. The average molecular weight is 311 g/mol. The summed E-state index contributed by atoms with van der Waals surface area (Å²) >= 11 is 0. The van der Waals surface area contributed by atoms with Crippen LogP contribution in [0.15, 0.2) is 48.7 Å². The van der Waals surface area contributed by atoms with Gasteiger partial charge in [0.15, 0.2) is 0 Å². The van der Waals surface area contributed by atoms with Gasteiger partial charge in [0.2, 0.25) is 0 Å². The zero-order valence-electron chi connectivity index (χ0n) is 12.2. The summed E-state index contributed by atoms with van der Waals surface area (Å²) in [5.41, 5.74) is 8.11. The van der Waals surface area contributed by atoms with Crippen LogP contribution >= 0.6 is 0 Å². The number of hydrogen-bond acceptors (Lipinski definition) is 6. The summed E-state index contributed by atoms with van der Waals surface area (Å²) in [5, 5.41) is 19.0. The Morgan fingerprint density at radius 3 is 2.83 bits per heavy atom. The molecular formula is C15H13N5O3. The SMILES string of the molecule is COc1ccc(N)cc1-n1cc(-c2cccc([N+](=O)[O-])c2)nn1. The lowest BCUT2D eigenvalue weighted by atomic mass is 10.1. The lowest BCUT2D eigenvalue weighted by Gasteiger charge is -2.08. The molecule has 0 radical (unpaired) electrons. The highest BCUT2D eigenvalue weighted by Gasteiger charge is 2.12. The van der Waals surface area contributed by atoms with Crippen molar-refractivity contribution in [3.05, 3.63) is 58.8 Å². The van der Waals surface area contributed by atoms with Gasteiger partial charge in [-0.3, -0.25) is 10.1 Å². The normalized spacial score (nSPS) is 10.5. The van der Waals surface area contributed by atoms with Gasteiger partial charge in [-0.2, -0.15) is 0 Å². The summed E-state index contributed by atoms with van der Waals surface area (Å²) in [6.07, 6.45) is 1.66. The Bertz CT molecular complexity index is 875. The van der Waals surface area contributed by atoms with Crippen molar-refractivity contribution in [1.82, 2.24) is 15.0 Å². The molecule has 8 nitrogen and oxygen atoms in total. The highest BCUT2D eigenvalue weighted by Crippen LogP contribution is 2.27. The monoisotopic (exact) mass is 311 g/mol. The number of nitro benzene ring substituents is 1. The van der Waals surface area contributed by atoms with Crippen molar-refractivity contribution < 1.29 is 9.66 Å². The molecule has 0 amide bonds. The van der Waals surface area contributed by atoms with Crippen LogP contribution in [0.25, 0.3) is 16.9 Å². The minimum atomic E-state index is -0.450. The van der Waals surface area contributed by atoms with E-state index in [1.807, 2.05) is 0 Å². The van der Waals surface area contributed by atoms with Gasteiger partial charge < -0.3 is 10.5 Å². The van der Waals surface area contributed by atoms with E-state index in [-0.39, 0.29) is 5.69 Å². The van der Waals surface area contributed by atoms with E-state index in [1.54, 1.807) is 43.6 Å². The number of ether oxygens (including phenoxy) is 1. The van der Waals surface area contributed by atoms with E-state index in [9.17, 15) is 10.1 Å². The molecule has 1 aromatic heterocycles. The van der Waals surface area contributed by atoms with Crippen molar-refractivity contribution in [3.8, 4) is 22.7 Å². The molecule has 116 valence electrons. The lowest BCUT2D eigenvalue weighted by Crippen LogP contribution is -2.00. The van der Waals surface area contributed by atoms with E-state index in [2.05, 4.69) is 10.3 Å². The molecule has 23 heavy (non-hydrogen) atoms. The van der Waals surface area contributed by atoms with Crippen LogP contribution in [0.2, 0.25) is 0 Å². The fourth-order valence-corrected chi connectivity index (χ4v) is 2.18. The summed E-state index contributed by atoms with van der Waals surface area (Å²) in [6.45, 7) is 0. The van der Waals surface area contributed by atoms with Gasteiger partial charge in [-0.1, -0.05) is 17.3 Å². The smallest absolute Gasteiger partial charge is 0.270 e. The van der Waals surface area contributed by atoms with Crippen molar-refractivity contribution >= 4 is 11.4 Å². The number of anilines is 1. The number of hydrogen-bond donors (Lipinski definition) is 1. The third kappa shape index (κ3) is 2.82. The van der Waals surface area contributed by atoms with Gasteiger partial charge in [0.05, 0.1) is 18.2 Å². The zero-order chi connectivity index (χ0) is 16.4. The van der Waals surface area contributed by atoms with Crippen molar-refractivity contribution in [1.29, 1.82) is 0 Å². The van der Waals surface area contributed by atoms with Crippen molar-refractivity contribution in [2.75, 3.05) is 12.8 Å². The molecular weight excluding hydrogens is 298 g/mol. The Balaban J connectivity index is 2.03. The second kappa shape index (κ2) is 5.76. The van der Waals surface area contributed by atoms with E-state index in [0.717, 1.165) is 0 Å². The number of nitro groups is 1. The van der Waals surface area contributed by atoms with Gasteiger partial charge in [0.25, 0.3) is 5.69 Å². The first-order chi connectivity index (χ1) is 11.1. The van der Waals surface area contributed by atoms with Crippen LogP contribution in [0.3, 0.4) is 0 Å². The summed E-state index contributed by atoms with van der Waals surface area (Å²) < 4.78 is 6.80. The molecule has 3 rings (SSSR count). The Hall–Kier alpha value is -3.42. The summed E-state index contributed by atoms with van der Waals surface area (Å²) in [4.78, 5) is 10.4. The molecule has 0 saturated carbocycles. The molecule has 8 heteroatoms. The van der Waals surface area contributed by atoms with Crippen molar-refractivity contribution in [2.24, 2.45) is 0 Å². The van der Waals surface area contributed by atoms with Crippen LogP contribution in [0, 0.1) is 10.1 Å². The maximum Gasteiger partial charge on any atom is 0.270 e. The van der Waals surface area contributed by atoms with E-state index in [1.165, 1.54) is 16.8 Å². The number of nitrogens with zero attached hydrogens (tertiary/aromatic N) is 4.